The summed E-state index contributed by atoms with van der Waals surface area (Å²) >= 11 is 0. The third-order valence-corrected chi connectivity index (χ3v) is 4.48. The number of nitrogens with zero attached hydrogens (tertiary/aromatic N) is 2. The standard InChI is InChI=1S/C20H20N2O3/c1-12-5-6-14(11-13(12)2)17-18(23)20(25)22(19(17)24)16-9-7-15(8-10-16)21(3)4/h5-11,23H,1-4H3. The second-order valence-corrected chi connectivity index (χ2v) is 6.38. The van der Waals surface area contributed by atoms with E-state index in [2.05, 4.69) is 0 Å². The van der Waals surface area contributed by atoms with Gasteiger partial charge in [-0.3, -0.25) is 9.59 Å². The number of hydrogen-bond donors (Lipinski definition) is 1. The maximum atomic E-state index is 12.8. The summed E-state index contributed by atoms with van der Waals surface area (Å²) in [6.07, 6.45) is 0. The summed E-state index contributed by atoms with van der Waals surface area (Å²) in [6, 6.07) is 12.5. The number of imide groups is 1. The first kappa shape index (κ1) is 16.8. The molecule has 3 rings (SSSR count). The molecule has 0 aliphatic carbocycles. The van der Waals surface area contributed by atoms with Gasteiger partial charge in [-0.05, 0) is 54.8 Å². The number of hydrogen-bond acceptors (Lipinski definition) is 4. The maximum Gasteiger partial charge on any atom is 0.301 e. The van der Waals surface area contributed by atoms with Crippen molar-refractivity contribution in [1.82, 2.24) is 0 Å². The second-order valence-electron chi connectivity index (χ2n) is 6.38. The topological polar surface area (TPSA) is 60.9 Å². The highest BCUT2D eigenvalue weighted by molar-refractivity contribution is 6.44. The van der Waals surface area contributed by atoms with Crippen molar-refractivity contribution in [2.24, 2.45) is 0 Å². The summed E-state index contributed by atoms with van der Waals surface area (Å²) in [6.45, 7) is 3.89. The molecule has 2 aromatic rings. The van der Waals surface area contributed by atoms with Crippen LogP contribution in [0.15, 0.2) is 48.2 Å². The lowest BCUT2D eigenvalue weighted by molar-refractivity contribution is -0.121. The lowest BCUT2D eigenvalue weighted by Gasteiger charge is -2.17. The average molecular weight is 336 g/mol. The number of benzene rings is 2. The van der Waals surface area contributed by atoms with Crippen molar-refractivity contribution >= 4 is 28.8 Å². The molecular formula is C20H20N2O3. The van der Waals surface area contributed by atoms with Crippen molar-refractivity contribution in [2.45, 2.75) is 13.8 Å². The summed E-state index contributed by atoms with van der Waals surface area (Å²) in [4.78, 5) is 28.2. The number of amides is 2. The first-order valence-electron chi connectivity index (χ1n) is 7.98. The van der Waals surface area contributed by atoms with Gasteiger partial charge < -0.3 is 10.0 Å². The number of anilines is 2. The molecule has 2 aromatic carbocycles. The summed E-state index contributed by atoms with van der Waals surface area (Å²) in [5, 5.41) is 10.3. The van der Waals surface area contributed by atoms with E-state index in [1.54, 1.807) is 18.2 Å². The van der Waals surface area contributed by atoms with Crippen LogP contribution >= 0.6 is 0 Å². The van der Waals surface area contributed by atoms with E-state index < -0.39 is 17.6 Å². The molecular weight excluding hydrogens is 316 g/mol. The third kappa shape index (κ3) is 2.78. The summed E-state index contributed by atoms with van der Waals surface area (Å²) in [5.74, 6) is -1.72. The average Bonchev–Trinajstić information content (AvgIpc) is 2.80. The number of aryl methyl sites for hydroxylation is 2. The molecule has 0 fully saturated rings. The Bertz CT molecular complexity index is 896. The van der Waals surface area contributed by atoms with Crippen molar-refractivity contribution < 1.29 is 14.7 Å². The fourth-order valence-electron chi connectivity index (χ4n) is 2.81. The van der Waals surface area contributed by atoms with Gasteiger partial charge in [0.25, 0.3) is 5.91 Å². The number of rotatable bonds is 3. The Labute approximate surface area is 146 Å². The van der Waals surface area contributed by atoms with Crippen LogP contribution < -0.4 is 9.80 Å². The molecule has 128 valence electrons. The van der Waals surface area contributed by atoms with E-state index in [1.165, 1.54) is 0 Å². The molecule has 0 saturated heterocycles. The lowest BCUT2D eigenvalue weighted by atomic mass is 10.00. The van der Waals surface area contributed by atoms with Gasteiger partial charge in [0.05, 0.1) is 11.3 Å². The van der Waals surface area contributed by atoms with Crippen LogP contribution in [0, 0.1) is 13.8 Å². The van der Waals surface area contributed by atoms with Crippen molar-refractivity contribution in [3.8, 4) is 0 Å². The molecule has 2 amide bonds. The van der Waals surface area contributed by atoms with Crippen LogP contribution in [0.5, 0.6) is 0 Å². The molecule has 0 radical (unpaired) electrons. The van der Waals surface area contributed by atoms with E-state index in [0.717, 1.165) is 21.7 Å². The predicted molar refractivity (Wildman–Crippen MR) is 98.7 cm³/mol. The SMILES string of the molecule is Cc1ccc(C2=C(O)C(=O)N(c3ccc(N(C)C)cc3)C2=O)cc1C. The quantitative estimate of drug-likeness (QED) is 0.875. The molecule has 0 saturated carbocycles. The molecule has 0 bridgehead atoms. The van der Waals surface area contributed by atoms with Gasteiger partial charge >= 0.3 is 5.91 Å². The smallest absolute Gasteiger partial charge is 0.301 e. The van der Waals surface area contributed by atoms with Crippen molar-refractivity contribution in [1.29, 1.82) is 0 Å². The van der Waals surface area contributed by atoms with Crippen LogP contribution in [0.4, 0.5) is 11.4 Å². The van der Waals surface area contributed by atoms with Crippen molar-refractivity contribution in [3.05, 3.63) is 64.9 Å². The molecule has 1 aliphatic heterocycles. The Morgan fingerprint density at radius 2 is 1.52 bits per heavy atom. The number of aliphatic hydroxyl groups excluding tert-OH is 1. The Hall–Kier alpha value is -3.08. The van der Waals surface area contributed by atoms with Crippen LogP contribution in [-0.2, 0) is 9.59 Å². The molecule has 0 atom stereocenters. The van der Waals surface area contributed by atoms with Gasteiger partial charge in [0.2, 0.25) is 0 Å². The van der Waals surface area contributed by atoms with Gasteiger partial charge in [-0.2, -0.15) is 0 Å². The van der Waals surface area contributed by atoms with Gasteiger partial charge in [-0.1, -0.05) is 18.2 Å². The van der Waals surface area contributed by atoms with Gasteiger partial charge in [-0.25, -0.2) is 4.90 Å². The van der Waals surface area contributed by atoms with E-state index in [4.69, 9.17) is 0 Å². The number of carbonyl (C=O) groups excluding carboxylic acids is 2. The van der Waals surface area contributed by atoms with Gasteiger partial charge in [0.1, 0.15) is 0 Å². The molecule has 1 aliphatic rings. The lowest BCUT2D eigenvalue weighted by Crippen LogP contribution is -2.31. The Morgan fingerprint density at radius 3 is 2.08 bits per heavy atom. The highest BCUT2D eigenvalue weighted by Crippen LogP contribution is 2.33. The highest BCUT2D eigenvalue weighted by atomic mass is 16.3. The third-order valence-electron chi connectivity index (χ3n) is 4.48. The minimum Gasteiger partial charge on any atom is -0.502 e. The fourth-order valence-corrected chi connectivity index (χ4v) is 2.81. The van der Waals surface area contributed by atoms with Crippen molar-refractivity contribution in [3.63, 3.8) is 0 Å². The summed E-state index contributed by atoms with van der Waals surface area (Å²) in [5.41, 5.74) is 4.06. The Balaban J connectivity index is 2.00. The fraction of sp³-hybridized carbons (Fsp3) is 0.200. The van der Waals surface area contributed by atoms with Crippen LogP contribution in [0.1, 0.15) is 16.7 Å². The molecule has 0 aromatic heterocycles. The highest BCUT2D eigenvalue weighted by Gasteiger charge is 2.40. The second kappa shape index (κ2) is 6.09. The molecule has 1 heterocycles. The first-order chi connectivity index (χ1) is 11.8. The largest absolute Gasteiger partial charge is 0.502 e. The monoisotopic (exact) mass is 336 g/mol. The first-order valence-corrected chi connectivity index (χ1v) is 7.98. The minimum atomic E-state index is -0.698. The van der Waals surface area contributed by atoms with E-state index in [0.29, 0.717) is 11.3 Å². The minimum absolute atomic E-state index is 0.0461. The molecule has 5 heteroatoms. The zero-order valence-corrected chi connectivity index (χ0v) is 14.7. The van der Waals surface area contributed by atoms with Gasteiger partial charge in [0, 0.05) is 19.8 Å². The van der Waals surface area contributed by atoms with Gasteiger partial charge in [-0.15, -0.1) is 0 Å². The van der Waals surface area contributed by atoms with E-state index in [9.17, 15) is 14.7 Å². The van der Waals surface area contributed by atoms with Crippen LogP contribution in [0.2, 0.25) is 0 Å². The summed E-state index contributed by atoms with van der Waals surface area (Å²) < 4.78 is 0. The van der Waals surface area contributed by atoms with E-state index >= 15 is 0 Å². The molecule has 0 spiro atoms. The summed E-state index contributed by atoms with van der Waals surface area (Å²) in [7, 11) is 3.82. The normalized spacial score (nSPS) is 14.5. The Morgan fingerprint density at radius 1 is 0.880 bits per heavy atom. The Kier molecular flexibility index (Phi) is 4.08. The number of carbonyl (C=O) groups is 2. The zero-order chi connectivity index (χ0) is 18.3. The van der Waals surface area contributed by atoms with Crippen molar-refractivity contribution in [2.75, 3.05) is 23.9 Å². The van der Waals surface area contributed by atoms with E-state index in [1.807, 2.05) is 57.1 Å². The molecule has 0 unspecified atom stereocenters. The van der Waals surface area contributed by atoms with E-state index in [-0.39, 0.29) is 5.57 Å². The van der Waals surface area contributed by atoms with Crippen LogP contribution in [-0.4, -0.2) is 31.0 Å². The molecule has 1 N–H and O–H groups in total. The zero-order valence-electron chi connectivity index (χ0n) is 14.7. The maximum absolute atomic E-state index is 12.8. The van der Waals surface area contributed by atoms with Crippen LogP contribution in [0.3, 0.4) is 0 Å². The molecule has 5 nitrogen and oxygen atoms in total. The predicted octanol–water partition coefficient (Wildman–Crippen LogP) is 3.21. The van der Waals surface area contributed by atoms with Gasteiger partial charge in [0.15, 0.2) is 5.76 Å². The molecule has 25 heavy (non-hydrogen) atoms. The number of aliphatic hydroxyl groups is 1. The van der Waals surface area contributed by atoms with Crippen LogP contribution in [0.25, 0.3) is 5.57 Å².